The van der Waals surface area contributed by atoms with E-state index < -0.39 is 66.1 Å². The van der Waals surface area contributed by atoms with Crippen molar-refractivity contribution in [2.45, 2.75) is 14.7 Å². The van der Waals surface area contributed by atoms with Crippen LogP contribution < -0.4 is 149 Å². The van der Waals surface area contributed by atoms with Crippen molar-refractivity contribution < 1.29 is 215 Å². The molecule has 0 heterocycles. The number of hydrogen-bond donors (Lipinski definition) is 2. The second-order valence-electron chi connectivity index (χ2n) is 11.0. The topological polar surface area (TPSA) is 369 Å². The molecule has 0 radical (unpaired) electrons. The minimum atomic E-state index is -4.87. The molecule has 4 aromatic carbocycles. The number of hydrogen-bond acceptors (Lipinski definition) is 29. The number of methoxy groups -OCH3 is 2. The molecule has 0 aromatic heterocycles. The molecule has 334 valence electrons. The van der Waals surface area contributed by atoms with Crippen LogP contribution in [-0.2, 0) is 66.3 Å². The standard InChI is InChI=1S/C29H31N5O21S6.4Na/c1-46-24-8-4-17(59(39,40)11-9-48-57-54-51-37)13-23(24)32-34-28-26(56-53-50-36)15-20-19(29(28)35)5-7-22(30-16-61(43,44)45)27(20)33-31-21-6-3-18(14-25(21)47-2)60(41,42)12-10-49-58-55-52-38;;;;/h3-8,13-15,30,35-38H,9-12,16H2,1-2H3,(H,43,44,45);;;;/q;4*+1/p-4. The van der Waals surface area contributed by atoms with Gasteiger partial charge in [0.1, 0.15) is 50.2 Å². The van der Waals surface area contributed by atoms with E-state index in [4.69, 9.17) is 17.8 Å². The third kappa shape index (κ3) is 19.9. The second kappa shape index (κ2) is 32.0. The summed E-state index contributed by atoms with van der Waals surface area (Å²) in [7, 11) is -10.4. The number of nitrogens with zero attached hydrogens (tertiary/aromatic N) is 4. The molecule has 0 spiro atoms. The van der Waals surface area contributed by atoms with Gasteiger partial charge in [0, 0.05) is 16.8 Å². The van der Waals surface area contributed by atoms with E-state index in [2.05, 4.69) is 53.9 Å². The first-order chi connectivity index (χ1) is 29.1. The maximum absolute atomic E-state index is 13.0. The van der Waals surface area contributed by atoms with E-state index in [0.29, 0.717) is 0 Å². The number of phenolic OH excluding ortho intramolecular Hbond substituents is 1. The van der Waals surface area contributed by atoms with E-state index in [1.165, 1.54) is 56.7 Å². The number of anilines is 1. The number of ether oxygens (including phenoxy) is 2. The maximum atomic E-state index is 13.0. The van der Waals surface area contributed by atoms with Gasteiger partial charge < -0.3 is 40.2 Å². The van der Waals surface area contributed by atoms with E-state index in [0.717, 1.165) is 12.1 Å². The van der Waals surface area contributed by atoms with Gasteiger partial charge in [-0.3, -0.25) is 23.5 Å². The zero-order valence-corrected chi connectivity index (χ0v) is 47.5. The number of azo groups is 2. The first-order valence-electron chi connectivity index (χ1n) is 15.9. The zero-order valence-electron chi connectivity index (χ0n) is 34.6. The maximum Gasteiger partial charge on any atom is 1.00 e. The van der Waals surface area contributed by atoms with Crippen LogP contribution in [0.3, 0.4) is 0 Å². The molecule has 0 fully saturated rings. The third-order valence-corrected chi connectivity index (χ3v) is 12.6. The van der Waals surface area contributed by atoms with Crippen molar-refractivity contribution in [3.05, 3.63) is 54.6 Å². The van der Waals surface area contributed by atoms with Crippen molar-refractivity contribution >= 4 is 106 Å². The second-order valence-corrected chi connectivity index (χ2v) is 18.4. The number of sulfone groups is 2. The van der Waals surface area contributed by atoms with Gasteiger partial charge in [-0.05, 0) is 48.5 Å². The summed E-state index contributed by atoms with van der Waals surface area (Å²) in [6.45, 7) is -0.822. The average Bonchev–Trinajstić information content (AvgIpc) is 3.23. The van der Waals surface area contributed by atoms with Gasteiger partial charge in [0.2, 0.25) is 0 Å². The summed E-state index contributed by atoms with van der Waals surface area (Å²) >= 11 is 0.469. The zero-order chi connectivity index (χ0) is 44.6. The largest absolute Gasteiger partial charge is 1.00 e. The quantitative estimate of drug-likeness (QED) is 0.0112. The molecule has 0 bridgehead atoms. The molecule has 0 atom stereocenters. The monoisotopic (exact) mass is 1060 g/mol. The molecular weight excluding hydrogens is 1040 g/mol. The molecule has 4 aromatic rings. The minimum Gasteiger partial charge on any atom is -0.747 e. The van der Waals surface area contributed by atoms with Gasteiger partial charge in [0.15, 0.2) is 50.1 Å². The fraction of sp³-hybridized carbons (Fsp3) is 0.241. The SMILES string of the molecule is COc1ccc(S(=O)(=O)CCOSOO[O-])cc1N=Nc1c(SOO[O-])cc2c(N=Nc3ccc(S(=O)(=O)CCOSOO[O-])cc3OC)c(NCS(=O)(=O)[O-])ccc2c1O.[Na+].[Na+].[Na+].[Na+]. The molecule has 26 nitrogen and oxygen atoms in total. The molecule has 2 N–H and O–H groups in total. The van der Waals surface area contributed by atoms with Crippen LogP contribution in [0.15, 0.2) is 89.7 Å². The first-order valence-corrected chi connectivity index (χ1v) is 22.8. The molecule has 0 amide bonds. The Balaban J connectivity index is 0.0000102. The Kier molecular flexibility index (Phi) is 32.0. The van der Waals surface area contributed by atoms with Crippen molar-refractivity contribution in [1.82, 2.24) is 0 Å². The van der Waals surface area contributed by atoms with Gasteiger partial charge in [-0.25, -0.2) is 25.3 Å². The predicted octanol–water partition coefficient (Wildman–Crippen LogP) is -9.29. The van der Waals surface area contributed by atoms with Crippen LogP contribution in [0.1, 0.15) is 0 Å². The summed E-state index contributed by atoms with van der Waals surface area (Å²) in [6.07, 6.45) is 0. The van der Waals surface area contributed by atoms with Gasteiger partial charge in [-0.1, -0.05) is 0 Å². The number of aromatic hydroxyl groups is 1. The molecule has 4 rings (SSSR count). The third-order valence-electron chi connectivity index (χ3n) is 7.41. The van der Waals surface area contributed by atoms with Crippen LogP contribution in [0.2, 0.25) is 0 Å². The molecule has 0 aliphatic carbocycles. The van der Waals surface area contributed by atoms with E-state index in [-0.39, 0.29) is 220 Å². The summed E-state index contributed by atoms with van der Waals surface area (Å²) in [6, 6.07) is 10.8. The summed E-state index contributed by atoms with van der Waals surface area (Å²) in [5, 5.41) is 70.7. The van der Waals surface area contributed by atoms with Crippen LogP contribution in [0.4, 0.5) is 28.4 Å². The van der Waals surface area contributed by atoms with Crippen molar-refractivity contribution in [3.63, 3.8) is 0 Å². The molecule has 0 aliphatic heterocycles. The van der Waals surface area contributed by atoms with Crippen LogP contribution in [0.5, 0.6) is 17.2 Å². The number of nitrogens with one attached hydrogen (secondary N) is 1. The molecule has 65 heavy (non-hydrogen) atoms. The number of benzene rings is 4. The van der Waals surface area contributed by atoms with Gasteiger partial charge in [0.25, 0.3) is 0 Å². The molecule has 0 unspecified atom stereocenters. The van der Waals surface area contributed by atoms with Crippen LogP contribution in [0, 0.1) is 0 Å². The molecule has 36 heteroatoms. The molecule has 0 saturated carbocycles. The molecular formula is C29H27N5Na4O21S6. The van der Waals surface area contributed by atoms with E-state index in [9.17, 15) is 50.7 Å². The van der Waals surface area contributed by atoms with Gasteiger partial charge in [-0.2, -0.15) is 4.33 Å². The Hall–Kier alpha value is -0.0400. The Morgan fingerprint density at radius 1 is 0.631 bits per heavy atom. The number of fused-ring (bicyclic) bond motifs is 1. The number of rotatable bonds is 26. The number of phenols is 1. The Labute approximate surface area is 471 Å². The van der Waals surface area contributed by atoms with E-state index in [1.807, 2.05) is 0 Å². The van der Waals surface area contributed by atoms with Crippen molar-refractivity contribution in [2.24, 2.45) is 20.5 Å². The summed E-state index contributed by atoms with van der Waals surface area (Å²) < 4.78 is 119. The fourth-order valence-corrected chi connectivity index (χ4v) is 8.43. The van der Waals surface area contributed by atoms with E-state index in [1.54, 1.807) is 0 Å². The van der Waals surface area contributed by atoms with Crippen molar-refractivity contribution in [2.75, 3.05) is 50.1 Å². The van der Waals surface area contributed by atoms with E-state index >= 15 is 0 Å². The van der Waals surface area contributed by atoms with Gasteiger partial charge in [-0.15, -0.1) is 29.1 Å². The summed E-state index contributed by atoms with van der Waals surface area (Å²) in [5.41, 5.74) is -0.950. The van der Waals surface area contributed by atoms with Crippen LogP contribution >= 0.6 is 36.7 Å². The van der Waals surface area contributed by atoms with Gasteiger partial charge in [0.05, 0.1) is 71.4 Å². The average molecular weight is 1070 g/mol. The minimum absolute atomic E-state index is 0. The van der Waals surface area contributed by atoms with Crippen LogP contribution in [-0.4, -0.2) is 79.7 Å². The smallest absolute Gasteiger partial charge is 0.747 e. The Bertz CT molecular complexity index is 2550. The normalized spacial score (nSPS) is 11.7. The van der Waals surface area contributed by atoms with Gasteiger partial charge >= 0.3 is 118 Å². The van der Waals surface area contributed by atoms with Crippen molar-refractivity contribution in [3.8, 4) is 17.2 Å². The Morgan fingerprint density at radius 2 is 1.17 bits per heavy atom. The van der Waals surface area contributed by atoms with Crippen LogP contribution in [0.25, 0.3) is 10.8 Å². The van der Waals surface area contributed by atoms with Crippen molar-refractivity contribution in [1.29, 1.82) is 0 Å². The molecule has 0 saturated heterocycles. The fourth-order valence-electron chi connectivity index (χ4n) is 4.77. The summed E-state index contributed by atoms with van der Waals surface area (Å²) in [4.78, 5) is -0.684. The summed E-state index contributed by atoms with van der Waals surface area (Å²) in [5.74, 6) is -2.99. The Morgan fingerprint density at radius 3 is 1.72 bits per heavy atom. The predicted molar refractivity (Wildman–Crippen MR) is 202 cm³/mol. The first kappa shape index (κ1) is 65.0. The molecule has 0 aliphatic rings.